The van der Waals surface area contributed by atoms with Crippen molar-refractivity contribution < 1.29 is 18.3 Å². The van der Waals surface area contributed by atoms with Crippen LogP contribution in [0.1, 0.15) is 23.5 Å². The molecule has 182 valence electrons. The van der Waals surface area contributed by atoms with Crippen molar-refractivity contribution in [2.24, 2.45) is 0 Å². The second kappa shape index (κ2) is 9.50. The molecular weight excluding hydrogens is 496 g/mol. The Labute approximate surface area is 214 Å². The van der Waals surface area contributed by atoms with E-state index in [1.807, 2.05) is 42.5 Å². The summed E-state index contributed by atoms with van der Waals surface area (Å²) in [5, 5.41) is 11.0. The van der Waals surface area contributed by atoms with Crippen molar-refractivity contribution in [3.05, 3.63) is 120 Å². The molecule has 0 amide bonds. The van der Waals surface area contributed by atoms with E-state index in [0.717, 1.165) is 21.0 Å². The van der Waals surface area contributed by atoms with Gasteiger partial charge in [0.1, 0.15) is 5.54 Å². The average Bonchev–Trinajstić information content (AvgIpc) is 3.66. The van der Waals surface area contributed by atoms with Crippen molar-refractivity contribution in [2.75, 3.05) is 0 Å². The number of pyridine rings is 1. The van der Waals surface area contributed by atoms with E-state index in [1.54, 1.807) is 48.8 Å². The highest BCUT2D eigenvalue weighted by atomic mass is 35.5. The maximum absolute atomic E-state index is 14.0. The predicted molar refractivity (Wildman–Crippen MR) is 138 cm³/mol. The third-order valence-electron chi connectivity index (χ3n) is 6.62. The van der Waals surface area contributed by atoms with Crippen molar-refractivity contribution in [2.45, 2.75) is 29.3 Å². The Bertz CT molecular complexity index is 1480. The van der Waals surface area contributed by atoms with Crippen LogP contribution in [-0.4, -0.2) is 34.3 Å². The quantitative estimate of drug-likeness (QED) is 0.328. The van der Waals surface area contributed by atoms with Gasteiger partial charge in [-0.15, -0.1) is 0 Å². The molecule has 4 aromatic rings. The smallest absolute Gasteiger partial charge is 0.325 e. The van der Waals surface area contributed by atoms with Gasteiger partial charge in [-0.2, -0.15) is 4.31 Å². The van der Waals surface area contributed by atoms with Crippen LogP contribution >= 0.6 is 11.6 Å². The van der Waals surface area contributed by atoms with Crippen molar-refractivity contribution in [3.8, 4) is 11.1 Å². The number of aromatic nitrogens is 1. The monoisotopic (exact) mass is 518 g/mol. The number of sulfonamides is 1. The zero-order valence-electron chi connectivity index (χ0n) is 19.2. The number of hydrogen-bond donors (Lipinski definition) is 1. The minimum atomic E-state index is -4.18. The summed E-state index contributed by atoms with van der Waals surface area (Å²) in [4.78, 5) is 16.8. The van der Waals surface area contributed by atoms with Gasteiger partial charge in [0.05, 0.1) is 4.90 Å². The lowest BCUT2D eigenvalue weighted by atomic mass is 10.1. The Morgan fingerprint density at radius 1 is 0.944 bits per heavy atom. The maximum Gasteiger partial charge on any atom is 0.325 e. The Morgan fingerprint density at radius 3 is 2.17 bits per heavy atom. The number of carboxylic acid groups (broad SMARTS) is 1. The molecule has 1 fully saturated rings. The van der Waals surface area contributed by atoms with E-state index in [2.05, 4.69) is 4.98 Å². The Hall–Kier alpha value is -3.52. The van der Waals surface area contributed by atoms with Crippen LogP contribution in [0.15, 0.2) is 108 Å². The van der Waals surface area contributed by atoms with Crippen molar-refractivity contribution in [1.82, 2.24) is 9.29 Å². The third kappa shape index (κ3) is 4.41. The van der Waals surface area contributed by atoms with Crippen LogP contribution in [0.5, 0.6) is 0 Å². The topological polar surface area (TPSA) is 87.6 Å². The van der Waals surface area contributed by atoms with Gasteiger partial charge < -0.3 is 5.11 Å². The molecule has 0 radical (unpaired) electrons. The zero-order chi connectivity index (χ0) is 25.3. The highest BCUT2D eigenvalue weighted by Crippen LogP contribution is 2.57. The fourth-order valence-corrected chi connectivity index (χ4v) is 6.53. The van der Waals surface area contributed by atoms with Crippen molar-refractivity contribution in [3.63, 3.8) is 0 Å². The number of halogens is 1. The lowest BCUT2D eigenvalue weighted by molar-refractivity contribution is -0.143. The van der Waals surface area contributed by atoms with E-state index in [4.69, 9.17) is 11.6 Å². The molecule has 8 heteroatoms. The molecule has 0 spiro atoms. The van der Waals surface area contributed by atoms with Gasteiger partial charge in [0.25, 0.3) is 0 Å². The summed E-state index contributed by atoms with van der Waals surface area (Å²) in [6, 6.07) is 26.3. The first kappa shape index (κ1) is 24.2. The van der Waals surface area contributed by atoms with Gasteiger partial charge in [-0.1, -0.05) is 72.3 Å². The summed E-state index contributed by atoms with van der Waals surface area (Å²) < 4.78 is 29.2. The van der Waals surface area contributed by atoms with Crippen LogP contribution in [0.4, 0.5) is 0 Å². The summed E-state index contributed by atoms with van der Waals surface area (Å²) in [6.07, 6.45) is 3.34. The number of carboxylic acids is 1. The molecule has 6 nitrogen and oxygen atoms in total. The molecule has 36 heavy (non-hydrogen) atoms. The lowest BCUT2D eigenvalue weighted by Crippen LogP contribution is -2.48. The summed E-state index contributed by atoms with van der Waals surface area (Å²) in [5.74, 6) is -1.63. The first-order valence-electron chi connectivity index (χ1n) is 11.4. The minimum Gasteiger partial charge on any atom is -0.480 e. The Balaban J connectivity index is 1.56. The fraction of sp³-hybridized carbons (Fsp3) is 0.143. The molecule has 3 aromatic carbocycles. The van der Waals surface area contributed by atoms with Crippen LogP contribution in [0.2, 0.25) is 5.02 Å². The van der Waals surface area contributed by atoms with Crippen LogP contribution in [-0.2, 0) is 21.4 Å². The van der Waals surface area contributed by atoms with Crippen LogP contribution < -0.4 is 0 Å². The van der Waals surface area contributed by atoms with Gasteiger partial charge in [-0.3, -0.25) is 9.78 Å². The number of rotatable bonds is 8. The molecular formula is C28H23ClN2O4S. The molecule has 5 rings (SSSR count). The van der Waals surface area contributed by atoms with E-state index in [-0.39, 0.29) is 17.9 Å². The second-order valence-electron chi connectivity index (χ2n) is 8.80. The van der Waals surface area contributed by atoms with Crippen LogP contribution in [0.3, 0.4) is 0 Å². The molecule has 1 saturated carbocycles. The largest absolute Gasteiger partial charge is 0.480 e. The minimum absolute atomic E-state index is 0.0310. The third-order valence-corrected chi connectivity index (χ3v) is 8.77. The lowest BCUT2D eigenvalue weighted by Gasteiger charge is -2.29. The number of nitrogens with zero attached hydrogens (tertiary/aromatic N) is 2. The summed E-state index contributed by atoms with van der Waals surface area (Å²) in [7, 11) is -4.18. The summed E-state index contributed by atoms with van der Waals surface area (Å²) in [5.41, 5.74) is 1.53. The average molecular weight is 519 g/mol. The molecule has 1 aliphatic rings. The van der Waals surface area contributed by atoms with E-state index >= 15 is 0 Å². The molecule has 0 saturated heterocycles. The molecule has 2 unspecified atom stereocenters. The zero-order valence-corrected chi connectivity index (χ0v) is 20.7. The van der Waals surface area contributed by atoms with E-state index in [9.17, 15) is 18.3 Å². The first-order valence-corrected chi connectivity index (χ1v) is 13.2. The SMILES string of the molecule is O=C(O)C1(N(Cc2cccnc2)S(=O)(=O)c2ccc(-c3ccc(Cl)cc3)cc2)CC1c1ccccc1. The van der Waals surface area contributed by atoms with Gasteiger partial charge in [0.2, 0.25) is 10.0 Å². The second-order valence-corrected chi connectivity index (χ2v) is 11.1. The number of benzene rings is 3. The van der Waals surface area contributed by atoms with Crippen molar-refractivity contribution in [1.29, 1.82) is 0 Å². The number of carbonyl (C=O) groups is 1. The van der Waals surface area contributed by atoms with E-state index in [1.165, 1.54) is 12.1 Å². The maximum atomic E-state index is 14.0. The highest BCUT2D eigenvalue weighted by Gasteiger charge is 2.67. The van der Waals surface area contributed by atoms with Gasteiger partial charge in [0, 0.05) is 29.9 Å². The molecule has 1 heterocycles. The number of aliphatic carboxylic acids is 1. The Kier molecular flexibility index (Phi) is 6.38. The number of hydrogen-bond acceptors (Lipinski definition) is 4. The highest BCUT2D eigenvalue weighted by molar-refractivity contribution is 7.89. The van der Waals surface area contributed by atoms with Crippen LogP contribution in [0, 0.1) is 0 Å². The normalized spacial score (nSPS) is 19.2. The molecule has 1 N–H and O–H groups in total. The predicted octanol–water partition coefficient (Wildman–Crippen LogP) is 5.60. The van der Waals surface area contributed by atoms with Crippen LogP contribution in [0.25, 0.3) is 11.1 Å². The molecule has 1 aliphatic carbocycles. The van der Waals surface area contributed by atoms with E-state index < -0.39 is 27.4 Å². The van der Waals surface area contributed by atoms with Gasteiger partial charge in [-0.25, -0.2) is 8.42 Å². The van der Waals surface area contributed by atoms with E-state index in [0.29, 0.717) is 10.6 Å². The molecule has 0 aliphatic heterocycles. The Morgan fingerprint density at radius 2 is 1.58 bits per heavy atom. The summed E-state index contributed by atoms with van der Waals surface area (Å²) in [6.45, 7) is -0.106. The summed E-state index contributed by atoms with van der Waals surface area (Å²) >= 11 is 5.98. The molecule has 0 bridgehead atoms. The van der Waals surface area contributed by atoms with Gasteiger partial charge in [-0.05, 0) is 59.0 Å². The van der Waals surface area contributed by atoms with Gasteiger partial charge in [0.15, 0.2) is 0 Å². The molecule has 1 aromatic heterocycles. The van der Waals surface area contributed by atoms with Crippen molar-refractivity contribution >= 4 is 27.6 Å². The first-order chi connectivity index (χ1) is 17.3. The van der Waals surface area contributed by atoms with Gasteiger partial charge >= 0.3 is 5.97 Å². The standard InChI is InChI=1S/C28H23ClN2O4S/c29-24-12-8-21(9-13-24)22-10-14-25(15-11-22)36(34,35)31(19-20-5-4-16-30-18-20)28(27(32)33)17-26(28)23-6-2-1-3-7-23/h1-16,18,26H,17,19H2,(H,32,33). The fourth-order valence-electron chi connectivity index (χ4n) is 4.64. The molecule has 2 atom stereocenters.